The maximum absolute atomic E-state index is 9.53. The summed E-state index contributed by atoms with van der Waals surface area (Å²) in [5.41, 5.74) is 0. The predicted octanol–water partition coefficient (Wildman–Crippen LogP) is -0.998. The van der Waals surface area contributed by atoms with E-state index in [-0.39, 0.29) is 12.6 Å². The van der Waals surface area contributed by atoms with Gasteiger partial charge in [-0.05, 0) is 0 Å². The molecule has 82 valence electrons. The van der Waals surface area contributed by atoms with E-state index in [1.54, 1.807) is 7.05 Å². The highest BCUT2D eigenvalue weighted by molar-refractivity contribution is 7.96. The van der Waals surface area contributed by atoms with Crippen LogP contribution in [-0.2, 0) is 4.74 Å². The molecule has 1 saturated heterocycles. The largest absolute Gasteiger partial charge is 0.394 e. The standard InChI is InChI=1S/C8H16N2O3S/c1-9-8(14)10-5-2-6(12)7(3-11)13-4-5/h5-7,11-12H,2-4H2,1H3,(H2,9,10,14)/t5-,6?,7?/m1/s1. The SMILES string of the molecule is CN/C(S)=N/[C@H]1COC(CO)C(O)C1. The van der Waals surface area contributed by atoms with Gasteiger partial charge in [-0.15, -0.1) is 12.6 Å². The number of amidine groups is 1. The Labute approximate surface area is 88.6 Å². The number of aliphatic imine (C=N–C) groups is 1. The lowest BCUT2D eigenvalue weighted by Crippen LogP contribution is -2.42. The van der Waals surface area contributed by atoms with Crippen LogP contribution in [0.3, 0.4) is 0 Å². The van der Waals surface area contributed by atoms with E-state index in [0.29, 0.717) is 18.2 Å². The van der Waals surface area contributed by atoms with Gasteiger partial charge in [-0.3, -0.25) is 4.99 Å². The van der Waals surface area contributed by atoms with Crippen LogP contribution in [0.15, 0.2) is 4.99 Å². The summed E-state index contributed by atoms with van der Waals surface area (Å²) in [7, 11) is 1.72. The van der Waals surface area contributed by atoms with Gasteiger partial charge in [0.15, 0.2) is 5.17 Å². The molecule has 3 atom stereocenters. The van der Waals surface area contributed by atoms with Crippen LogP contribution in [-0.4, -0.2) is 53.9 Å². The van der Waals surface area contributed by atoms with Crippen molar-refractivity contribution in [2.45, 2.75) is 24.7 Å². The summed E-state index contributed by atoms with van der Waals surface area (Å²) in [5, 5.41) is 21.7. The van der Waals surface area contributed by atoms with Crippen molar-refractivity contribution in [1.29, 1.82) is 0 Å². The van der Waals surface area contributed by atoms with Gasteiger partial charge in [0.1, 0.15) is 6.10 Å². The molecule has 0 aromatic rings. The van der Waals surface area contributed by atoms with Crippen LogP contribution in [0.1, 0.15) is 6.42 Å². The van der Waals surface area contributed by atoms with Gasteiger partial charge in [-0.2, -0.15) is 0 Å². The molecule has 1 fully saturated rings. The molecule has 5 nitrogen and oxygen atoms in total. The molecule has 14 heavy (non-hydrogen) atoms. The fourth-order valence-electron chi connectivity index (χ4n) is 1.35. The van der Waals surface area contributed by atoms with Gasteiger partial charge in [0.05, 0.1) is 25.4 Å². The molecule has 0 saturated carbocycles. The van der Waals surface area contributed by atoms with E-state index < -0.39 is 12.2 Å². The maximum atomic E-state index is 9.53. The molecule has 1 aliphatic rings. The zero-order valence-corrected chi connectivity index (χ0v) is 8.94. The molecule has 1 heterocycles. The van der Waals surface area contributed by atoms with E-state index in [2.05, 4.69) is 22.9 Å². The molecule has 0 aromatic heterocycles. The molecule has 2 unspecified atom stereocenters. The second kappa shape index (κ2) is 5.55. The first-order chi connectivity index (χ1) is 6.67. The van der Waals surface area contributed by atoms with Crippen molar-refractivity contribution in [2.24, 2.45) is 4.99 Å². The summed E-state index contributed by atoms with van der Waals surface area (Å²) >= 11 is 4.07. The zero-order chi connectivity index (χ0) is 10.6. The van der Waals surface area contributed by atoms with Gasteiger partial charge in [-0.25, -0.2) is 0 Å². The number of nitrogens with zero attached hydrogens (tertiary/aromatic N) is 1. The molecule has 0 aliphatic carbocycles. The molecule has 1 rings (SSSR count). The second-order valence-electron chi connectivity index (χ2n) is 3.21. The van der Waals surface area contributed by atoms with Crippen LogP contribution in [0.4, 0.5) is 0 Å². The van der Waals surface area contributed by atoms with Gasteiger partial charge >= 0.3 is 0 Å². The summed E-state index contributed by atoms with van der Waals surface area (Å²) in [6, 6.07) is -0.0900. The average molecular weight is 220 g/mol. The Bertz CT molecular complexity index is 213. The van der Waals surface area contributed by atoms with Crippen molar-refractivity contribution in [3.8, 4) is 0 Å². The summed E-state index contributed by atoms with van der Waals surface area (Å²) in [5.74, 6) is 0. The Morgan fingerprint density at radius 1 is 1.71 bits per heavy atom. The number of aliphatic hydroxyl groups is 2. The summed E-state index contributed by atoms with van der Waals surface area (Å²) in [6.45, 7) is 0.255. The molecular weight excluding hydrogens is 204 g/mol. The van der Waals surface area contributed by atoms with Crippen molar-refractivity contribution in [3.05, 3.63) is 0 Å². The first kappa shape index (κ1) is 11.8. The van der Waals surface area contributed by atoms with Crippen LogP contribution in [0.2, 0.25) is 0 Å². The quantitative estimate of drug-likeness (QED) is 0.274. The molecule has 0 aromatic carbocycles. The number of hydrogen-bond donors (Lipinski definition) is 4. The Hall–Kier alpha value is -0.300. The summed E-state index contributed by atoms with van der Waals surface area (Å²) in [6.07, 6.45) is -0.628. The van der Waals surface area contributed by atoms with Crippen LogP contribution in [0.25, 0.3) is 0 Å². The average Bonchev–Trinajstić information content (AvgIpc) is 2.18. The second-order valence-corrected chi connectivity index (χ2v) is 3.64. The van der Waals surface area contributed by atoms with E-state index in [9.17, 15) is 5.11 Å². The Morgan fingerprint density at radius 2 is 2.43 bits per heavy atom. The van der Waals surface area contributed by atoms with Crippen molar-refractivity contribution in [3.63, 3.8) is 0 Å². The van der Waals surface area contributed by atoms with Gasteiger partial charge in [0.2, 0.25) is 0 Å². The monoisotopic (exact) mass is 220 g/mol. The van der Waals surface area contributed by atoms with Gasteiger partial charge < -0.3 is 20.3 Å². The molecule has 0 bridgehead atoms. The lowest BCUT2D eigenvalue weighted by Gasteiger charge is -2.30. The molecule has 3 N–H and O–H groups in total. The summed E-state index contributed by atoms with van der Waals surface area (Å²) < 4.78 is 5.23. The highest BCUT2D eigenvalue weighted by Crippen LogP contribution is 2.16. The first-order valence-corrected chi connectivity index (χ1v) is 4.97. The minimum atomic E-state index is -0.652. The van der Waals surface area contributed by atoms with Crippen LogP contribution >= 0.6 is 12.6 Å². The number of rotatable bonds is 2. The third-order valence-corrected chi connectivity index (χ3v) is 2.49. The van der Waals surface area contributed by atoms with E-state index in [0.717, 1.165) is 0 Å². The van der Waals surface area contributed by atoms with Crippen LogP contribution in [0, 0.1) is 0 Å². The number of ether oxygens (including phenoxy) is 1. The normalized spacial score (nSPS) is 34.3. The Morgan fingerprint density at radius 3 is 2.93 bits per heavy atom. The van der Waals surface area contributed by atoms with E-state index in [1.807, 2.05) is 0 Å². The van der Waals surface area contributed by atoms with E-state index in [4.69, 9.17) is 9.84 Å². The van der Waals surface area contributed by atoms with Gasteiger partial charge in [0, 0.05) is 13.5 Å². The number of hydrogen-bond acceptors (Lipinski definition) is 4. The van der Waals surface area contributed by atoms with Crippen LogP contribution in [0.5, 0.6) is 0 Å². The van der Waals surface area contributed by atoms with Crippen LogP contribution < -0.4 is 5.32 Å². The highest BCUT2D eigenvalue weighted by Gasteiger charge is 2.29. The predicted molar refractivity (Wildman–Crippen MR) is 56.7 cm³/mol. The minimum Gasteiger partial charge on any atom is -0.394 e. The van der Waals surface area contributed by atoms with Gasteiger partial charge in [-0.1, -0.05) is 0 Å². The minimum absolute atomic E-state index is 0.0900. The van der Waals surface area contributed by atoms with E-state index in [1.165, 1.54) is 0 Å². The fraction of sp³-hybridized carbons (Fsp3) is 0.875. The zero-order valence-electron chi connectivity index (χ0n) is 8.05. The molecule has 0 amide bonds. The number of aliphatic hydroxyl groups excluding tert-OH is 2. The third kappa shape index (κ3) is 3.13. The fourth-order valence-corrected chi connectivity index (χ4v) is 1.51. The Kier molecular flexibility index (Phi) is 4.67. The molecule has 6 heteroatoms. The molecule has 1 aliphatic heterocycles. The molecular formula is C8H16N2O3S. The lowest BCUT2D eigenvalue weighted by molar-refractivity contribution is -0.101. The van der Waals surface area contributed by atoms with E-state index >= 15 is 0 Å². The molecule has 0 spiro atoms. The maximum Gasteiger partial charge on any atom is 0.153 e. The van der Waals surface area contributed by atoms with Gasteiger partial charge in [0.25, 0.3) is 0 Å². The Balaban J connectivity index is 2.46. The number of nitrogens with one attached hydrogen (secondary N) is 1. The van der Waals surface area contributed by atoms with Crippen molar-refractivity contribution < 1.29 is 14.9 Å². The number of thiol groups is 1. The first-order valence-electron chi connectivity index (χ1n) is 4.52. The molecule has 0 radical (unpaired) electrons. The van der Waals surface area contributed by atoms with Crippen molar-refractivity contribution in [1.82, 2.24) is 5.32 Å². The third-order valence-electron chi connectivity index (χ3n) is 2.15. The van der Waals surface area contributed by atoms with Crippen molar-refractivity contribution in [2.75, 3.05) is 20.3 Å². The summed E-state index contributed by atoms with van der Waals surface area (Å²) in [4.78, 5) is 4.18. The smallest absolute Gasteiger partial charge is 0.153 e. The lowest BCUT2D eigenvalue weighted by atomic mass is 10.0. The van der Waals surface area contributed by atoms with Crippen molar-refractivity contribution >= 4 is 17.8 Å². The topological polar surface area (TPSA) is 74.1 Å². The highest BCUT2D eigenvalue weighted by atomic mass is 32.1.